The Labute approximate surface area is 183 Å². The maximum Gasteiger partial charge on any atom is 0.338 e. The van der Waals surface area contributed by atoms with E-state index in [4.69, 9.17) is 9.72 Å². The molecule has 1 aromatic heterocycles. The van der Waals surface area contributed by atoms with E-state index in [2.05, 4.69) is 0 Å². The third-order valence-corrected chi connectivity index (χ3v) is 6.00. The maximum absolute atomic E-state index is 12.1. The van der Waals surface area contributed by atoms with Crippen LogP contribution in [0.15, 0.2) is 78.0 Å². The van der Waals surface area contributed by atoms with Crippen LogP contribution >= 0.6 is 11.8 Å². The number of esters is 1. The number of aromatic carboxylic acids is 1. The minimum absolute atomic E-state index is 0.271. The van der Waals surface area contributed by atoms with Crippen LogP contribution in [-0.4, -0.2) is 33.7 Å². The number of hydrogen-bond donors (Lipinski definition) is 1. The molecule has 6 nitrogen and oxygen atoms in total. The van der Waals surface area contributed by atoms with Gasteiger partial charge in [0.05, 0.1) is 35.8 Å². The number of thioether (sulfide) groups is 1. The molecule has 156 valence electrons. The van der Waals surface area contributed by atoms with Gasteiger partial charge in [-0.1, -0.05) is 60.3 Å². The molecule has 7 heteroatoms. The number of carbonyl (C=O) groups excluding carboxylic acids is 1. The Morgan fingerprint density at radius 3 is 2.32 bits per heavy atom. The predicted molar refractivity (Wildman–Crippen MR) is 120 cm³/mol. The van der Waals surface area contributed by atoms with Crippen molar-refractivity contribution in [1.82, 2.24) is 9.55 Å². The number of methoxy groups -OCH3 is 1. The summed E-state index contributed by atoms with van der Waals surface area (Å²) in [5.41, 5.74) is 4.10. The second kappa shape index (κ2) is 9.06. The van der Waals surface area contributed by atoms with E-state index in [1.54, 1.807) is 24.3 Å². The van der Waals surface area contributed by atoms with E-state index in [1.165, 1.54) is 18.9 Å². The lowest BCUT2D eigenvalue weighted by atomic mass is 10.1. The van der Waals surface area contributed by atoms with E-state index < -0.39 is 5.97 Å². The average molecular weight is 433 g/mol. The van der Waals surface area contributed by atoms with Crippen molar-refractivity contribution in [2.75, 3.05) is 7.11 Å². The van der Waals surface area contributed by atoms with Crippen LogP contribution in [-0.2, 0) is 17.0 Å². The summed E-state index contributed by atoms with van der Waals surface area (Å²) in [5, 5.41) is 10.3. The number of carboxylic acids is 1. The number of hydrogen-bond acceptors (Lipinski definition) is 5. The standard InChI is InChI=1S/C24H20N2O4S/c1-30-23(29)19-11-5-3-9-17(19)15-31-24-25-20-12-6-7-13-21(20)26(24)14-16-8-2-4-10-18(16)22(27)28/h2-13H,14-15H2,1H3,(H,27,28). The lowest BCUT2D eigenvalue weighted by molar-refractivity contribution is 0.0599. The van der Waals surface area contributed by atoms with Gasteiger partial charge in [-0.05, 0) is 35.4 Å². The summed E-state index contributed by atoms with van der Waals surface area (Å²) >= 11 is 1.50. The number of aromatic nitrogens is 2. The molecule has 4 rings (SSSR count). The Morgan fingerprint density at radius 1 is 0.935 bits per heavy atom. The van der Waals surface area contributed by atoms with Crippen molar-refractivity contribution in [1.29, 1.82) is 0 Å². The summed E-state index contributed by atoms with van der Waals surface area (Å²) < 4.78 is 6.91. The summed E-state index contributed by atoms with van der Waals surface area (Å²) in [7, 11) is 1.37. The van der Waals surface area contributed by atoms with Gasteiger partial charge in [0.15, 0.2) is 5.16 Å². The topological polar surface area (TPSA) is 81.4 Å². The highest BCUT2D eigenvalue weighted by Gasteiger charge is 2.17. The Kier molecular flexibility index (Phi) is 6.04. The number of rotatable bonds is 7. The van der Waals surface area contributed by atoms with Crippen LogP contribution in [0.3, 0.4) is 0 Å². The zero-order valence-corrected chi connectivity index (χ0v) is 17.6. The molecule has 0 bridgehead atoms. The van der Waals surface area contributed by atoms with Crippen molar-refractivity contribution < 1.29 is 19.4 Å². The Morgan fingerprint density at radius 2 is 1.58 bits per heavy atom. The smallest absolute Gasteiger partial charge is 0.338 e. The van der Waals surface area contributed by atoms with Gasteiger partial charge in [-0.15, -0.1) is 0 Å². The molecule has 0 aliphatic carbocycles. The van der Waals surface area contributed by atoms with Crippen molar-refractivity contribution in [2.45, 2.75) is 17.5 Å². The fourth-order valence-corrected chi connectivity index (χ4v) is 4.47. The third kappa shape index (κ3) is 4.32. The van der Waals surface area contributed by atoms with E-state index in [1.807, 2.05) is 53.1 Å². The highest BCUT2D eigenvalue weighted by Crippen LogP contribution is 2.29. The van der Waals surface area contributed by atoms with Gasteiger partial charge in [0, 0.05) is 5.75 Å². The van der Waals surface area contributed by atoms with Crippen LogP contribution in [0.4, 0.5) is 0 Å². The van der Waals surface area contributed by atoms with Crippen LogP contribution in [0.5, 0.6) is 0 Å². The Bertz CT molecular complexity index is 1270. The summed E-state index contributed by atoms with van der Waals surface area (Å²) in [6.45, 7) is 0.379. The van der Waals surface area contributed by atoms with Crippen LogP contribution in [0.1, 0.15) is 31.8 Å². The largest absolute Gasteiger partial charge is 0.478 e. The number of carboxylic acid groups (broad SMARTS) is 1. The van der Waals surface area contributed by atoms with E-state index in [-0.39, 0.29) is 11.5 Å². The van der Waals surface area contributed by atoms with Gasteiger partial charge in [-0.25, -0.2) is 14.6 Å². The number of benzene rings is 3. The maximum atomic E-state index is 12.1. The highest BCUT2D eigenvalue weighted by molar-refractivity contribution is 7.98. The normalized spacial score (nSPS) is 10.9. The first-order chi connectivity index (χ1) is 15.1. The molecule has 0 aliphatic heterocycles. The monoisotopic (exact) mass is 432 g/mol. The number of para-hydroxylation sites is 2. The summed E-state index contributed by atoms with van der Waals surface area (Å²) in [5.74, 6) is -0.809. The van der Waals surface area contributed by atoms with Gasteiger partial charge < -0.3 is 14.4 Å². The van der Waals surface area contributed by atoms with Gasteiger partial charge in [0.25, 0.3) is 0 Å². The molecule has 0 radical (unpaired) electrons. The fraction of sp³-hybridized carbons (Fsp3) is 0.125. The Hall–Kier alpha value is -3.58. The molecular formula is C24H20N2O4S. The van der Waals surface area contributed by atoms with Crippen LogP contribution in [0.25, 0.3) is 11.0 Å². The van der Waals surface area contributed by atoms with Crippen LogP contribution in [0, 0.1) is 0 Å². The zero-order valence-electron chi connectivity index (χ0n) is 16.8. The molecule has 1 heterocycles. The predicted octanol–water partition coefficient (Wildman–Crippen LogP) is 4.86. The first-order valence-corrected chi connectivity index (χ1v) is 10.6. The molecule has 0 saturated carbocycles. The molecule has 0 amide bonds. The van der Waals surface area contributed by atoms with Gasteiger partial charge >= 0.3 is 11.9 Å². The molecule has 0 unspecified atom stereocenters. The quantitative estimate of drug-likeness (QED) is 0.332. The molecular weight excluding hydrogens is 412 g/mol. The first kappa shape index (κ1) is 20.7. The summed E-state index contributed by atoms with van der Waals surface area (Å²) in [6.07, 6.45) is 0. The average Bonchev–Trinajstić information content (AvgIpc) is 3.15. The minimum Gasteiger partial charge on any atom is -0.478 e. The minimum atomic E-state index is -0.957. The summed E-state index contributed by atoms with van der Waals surface area (Å²) in [4.78, 5) is 28.5. The number of ether oxygens (including phenoxy) is 1. The number of imidazole rings is 1. The van der Waals surface area contributed by atoms with Crippen molar-refractivity contribution in [3.05, 3.63) is 95.1 Å². The van der Waals surface area contributed by atoms with Crippen molar-refractivity contribution in [3.8, 4) is 0 Å². The fourth-order valence-electron chi connectivity index (χ4n) is 3.45. The van der Waals surface area contributed by atoms with E-state index in [0.29, 0.717) is 23.4 Å². The molecule has 1 N–H and O–H groups in total. The van der Waals surface area contributed by atoms with Gasteiger partial charge in [-0.3, -0.25) is 0 Å². The highest BCUT2D eigenvalue weighted by atomic mass is 32.2. The van der Waals surface area contributed by atoms with E-state index in [9.17, 15) is 14.7 Å². The molecule has 0 atom stereocenters. The third-order valence-electron chi connectivity index (χ3n) is 4.98. The van der Waals surface area contributed by atoms with E-state index in [0.717, 1.165) is 21.8 Å². The van der Waals surface area contributed by atoms with Crippen LogP contribution in [0.2, 0.25) is 0 Å². The zero-order chi connectivity index (χ0) is 21.8. The number of nitrogens with zero attached hydrogens (tertiary/aromatic N) is 2. The molecule has 0 spiro atoms. The molecule has 4 aromatic rings. The van der Waals surface area contributed by atoms with Crippen molar-refractivity contribution in [2.24, 2.45) is 0 Å². The second-order valence-electron chi connectivity index (χ2n) is 6.87. The molecule has 0 aliphatic rings. The molecule has 0 saturated heterocycles. The molecule has 3 aromatic carbocycles. The van der Waals surface area contributed by atoms with Gasteiger partial charge in [0.1, 0.15) is 0 Å². The lowest BCUT2D eigenvalue weighted by Crippen LogP contribution is -2.08. The SMILES string of the molecule is COC(=O)c1ccccc1CSc1nc2ccccc2n1Cc1ccccc1C(=O)O. The molecule has 31 heavy (non-hydrogen) atoms. The van der Waals surface area contributed by atoms with Crippen molar-refractivity contribution >= 4 is 34.7 Å². The van der Waals surface area contributed by atoms with E-state index >= 15 is 0 Å². The second-order valence-corrected chi connectivity index (χ2v) is 7.81. The van der Waals surface area contributed by atoms with Gasteiger partial charge in [-0.2, -0.15) is 0 Å². The number of fused-ring (bicyclic) bond motifs is 1. The van der Waals surface area contributed by atoms with Gasteiger partial charge in [0.2, 0.25) is 0 Å². The molecule has 0 fully saturated rings. The van der Waals surface area contributed by atoms with Crippen LogP contribution < -0.4 is 0 Å². The Balaban J connectivity index is 1.70. The summed E-state index contributed by atoms with van der Waals surface area (Å²) in [6, 6.07) is 22.1. The first-order valence-electron chi connectivity index (χ1n) is 9.64. The lowest BCUT2D eigenvalue weighted by Gasteiger charge is -2.12. The van der Waals surface area contributed by atoms with Crippen molar-refractivity contribution in [3.63, 3.8) is 0 Å². The number of carbonyl (C=O) groups is 2.